The lowest BCUT2D eigenvalue weighted by atomic mass is 10.1. The van der Waals surface area contributed by atoms with Gasteiger partial charge in [-0.2, -0.15) is 0 Å². The molecule has 3 rings (SSSR count). The topological polar surface area (TPSA) is 57.1 Å². The van der Waals surface area contributed by atoms with Crippen molar-refractivity contribution in [2.45, 2.75) is 6.92 Å². The summed E-state index contributed by atoms with van der Waals surface area (Å²) in [6.45, 7) is 1.91. The van der Waals surface area contributed by atoms with Crippen molar-refractivity contribution in [3.8, 4) is 11.5 Å². The number of hydrogen-bond donors (Lipinski definition) is 0. The molecule has 0 bridgehead atoms. The van der Waals surface area contributed by atoms with Gasteiger partial charge in [-0.1, -0.05) is 36.4 Å². The smallest absolute Gasteiger partial charge is 0.363 e. The van der Waals surface area contributed by atoms with E-state index in [0.29, 0.717) is 17.1 Å². The minimum Gasteiger partial charge on any atom is -0.497 e. The number of cyclic esters (lactones) is 1. The maximum absolute atomic E-state index is 12.2. The SMILES string of the molecule is COc1cc(OC)cc(C2=NC(=CC(C)=Cc3ccccc3)C(=O)O2)c1. The summed E-state index contributed by atoms with van der Waals surface area (Å²) in [6, 6.07) is 15.1. The van der Waals surface area contributed by atoms with E-state index in [9.17, 15) is 4.79 Å². The lowest BCUT2D eigenvalue weighted by Crippen LogP contribution is -2.06. The van der Waals surface area contributed by atoms with Crippen molar-refractivity contribution in [1.29, 1.82) is 0 Å². The number of rotatable bonds is 5. The zero-order chi connectivity index (χ0) is 18.5. The fourth-order valence-corrected chi connectivity index (χ4v) is 2.53. The van der Waals surface area contributed by atoms with Crippen LogP contribution >= 0.6 is 0 Å². The van der Waals surface area contributed by atoms with Crippen LogP contribution in [0.5, 0.6) is 11.5 Å². The Morgan fingerprint density at radius 2 is 1.69 bits per heavy atom. The maximum atomic E-state index is 12.2. The zero-order valence-corrected chi connectivity index (χ0v) is 14.9. The molecular weight excluding hydrogens is 330 g/mol. The predicted octanol–water partition coefficient (Wildman–Crippen LogP) is 3.99. The Labute approximate surface area is 152 Å². The summed E-state index contributed by atoms with van der Waals surface area (Å²) in [5, 5.41) is 0. The molecule has 132 valence electrons. The average molecular weight is 349 g/mol. The van der Waals surface area contributed by atoms with E-state index in [-0.39, 0.29) is 11.6 Å². The molecule has 0 amide bonds. The monoisotopic (exact) mass is 349 g/mol. The molecule has 2 aromatic rings. The molecule has 1 aliphatic rings. The number of hydrogen-bond acceptors (Lipinski definition) is 5. The molecule has 0 atom stereocenters. The first kappa shape index (κ1) is 17.5. The second-order valence-electron chi connectivity index (χ2n) is 5.74. The van der Waals surface area contributed by atoms with E-state index in [1.165, 1.54) is 0 Å². The van der Waals surface area contributed by atoms with Gasteiger partial charge in [-0.25, -0.2) is 9.79 Å². The standard InChI is InChI=1S/C21H19NO4/c1-14(9-15-7-5-4-6-8-15)10-19-21(23)26-20(22-19)16-11-17(24-2)13-18(12-16)25-3/h4-13H,1-3H3. The molecule has 0 aliphatic carbocycles. The summed E-state index contributed by atoms with van der Waals surface area (Å²) in [6.07, 6.45) is 3.68. The molecule has 0 unspecified atom stereocenters. The number of allylic oxidation sites excluding steroid dienone is 2. The van der Waals surface area contributed by atoms with Gasteiger partial charge in [-0.3, -0.25) is 0 Å². The lowest BCUT2D eigenvalue weighted by Gasteiger charge is -2.07. The van der Waals surface area contributed by atoms with Gasteiger partial charge in [-0.05, 0) is 36.3 Å². The van der Waals surface area contributed by atoms with E-state index in [0.717, 1.165) is 11.1 Å². The maximum Gasteiger partial charge on any atom is 0.363 e. The number of benzene rings is 2. The van der Waals surface area contributed by atoms with Crippen molar-refractivity contribution in [2.75, 3.05) is 14.2 Å². The second-order valence-corrected chi connectivity index (χ2v) is 5.74. The molecule has 2 aromatic carbocycles. The number of carbonyl (C=O) groups is 1. The Kier molecular flexibility index (Phi) is 5.17. The number of esters is 1. The molecule has 0 N–H and O–H groups in total. The Balaban J connectivity index is 1.91. The van der Waals surface area contributed by atoms with E-state index in [1.54, 1.807) is 38.5 Å². The van der Waals surface area contributed by atoms with Gasteiger partial charge in [0.2, 0.25) is 5.90 Å². The summed E-state index contributed by atoms with van der Waals surface area (Å²) in [5.74, 6) is 0.930. The number of nitrogens with zero attached hydrogens (tertiary/aromatic N) is 1. The molecule has 0 radical (unpaired) electrons. The molecule has 5 nitrogen and oxygen atoms in total. The van der Waals surface area contributed by atoms with Gasteiger partial charge in [-0.15, -0.1) is 0 Å². The van der Waals surface area contributed by atoms with Gasteiger partial charge >= 0.3 is 5.97 Å². The second kappa shape index (κ2) is 7.70. The minimum atomic E-state index is -0.484. The molecule has 0 saturated carbocycles. The van der Waals surface area contributed by atoms with E-state index < -0.39 is 5.97 Å². The quantitative estimate of drug-likeness (QED) is 0.605. The van der Waals surface area contributed by atoms with Crippen molar-refractivity contribution in [1.82, 2.24) is 0 Å². The van der Waals surface area contributed by atoms with Crippen LogP contribution in [0.25, 0.3) is 6.08 Å². The Hall–Kier alpha value is -3.34. The van der Waals surface area contributed by atoms with Gasteiger partial charge in [0.05, 0.1) is 14.2 Å². The van der Waals surface area contributed by atoms with Gasteiger partial charge < -0.3 is 14.2 Å². The van der Waals surface area contributed by atoms with E-state index in [2.05, 4.69) is 4.99 Å². The number of carbonyl (C=O) groups excluding carboxylic acids is 1. The van der Waals surface area contributed by atoms with Crippen LogP contribution in [0.2, 0.25) is 0 Å². The van der Waals surface area contributed by atoms with Gasteiger partial charge in [0, 0.05) is 11.6 Å². The number of ether oxygens (including phenoxy) is 3. The lowest BCUT2D eigenvalue weighted by molar-refractivity contribution is -0.130. The molecular formula is C21H19NO4. The fourth-order valence-electron chi connectivity index (χ4n) is 2.53. The van der Waals surface area contributed by atoms with Gasteiger partial charge in [0.25, 0.3) is 0 Å². The van der Waals surface area contributed by atoms with E-state index in [1.807, 2.05) is 43.3 Å². The highest BCUT2D eigenvalue weighted by Gasteiger charge is 2.25. The summed E-state index contributed by atoms with van der Waals surface area (Å²) >= 11 is 0. The molecule has 0 saturated heterocycles. The van der Waals surface area contributed by atoms with Gasteiger partial charge in [0.15, 0.2) is 5.70 Å². The van der Waals surface area contributed by atoms with Crippen molar-refractivity contribution in [3.63, 3.8) is 0 Å². The summed E-state index contributed by atoms with van der Waals surface area (Å²) in [4.78, 5) is 16.5. The van der Waals surface area contributed by atoms with Crippen molar-refractivity contribution in [2.24, 2.45) is 4.99 Å². The summed E-state index contributed by atoms with van der Waals surface area (Å²) in [7, 11) is 3.12. The summed E-state index contributed by atoms with van der Waals surface area (Å²) < 4.78 is 15.8. The van der Waals surface area contributed by atoms with Crippen LogP contribution < -0.4 is 9.47 Å². The number of methoxy groups -OCH3 is 2. The minimum absolute atomic E-state index is 0.228. The Morgan fingerprint density at radius 3 is 2.31 bits per heavy atom. The van der Waals surface area contributed by atoms with E-state index >= 15 is 0 Å². The van der Waals surface area contributed by atoms with Crippen LogP contribution in [0.3, 0.4) is 0 Å². The van der Waals surface area contributed by atoms with E-state index in [4.69, 9.17) is 14.2 Å². The van der Waals surface area contributed by atoms with Crippen LogP contribution in [-0.4, -0.2) is 26.1 Å². The molecule has 26 heavy (non-hydrogen) atoms. The van der Waals surface area contributed by atoms with Crippen molar-refractivity contribution < 1.29 is 19.0 Å². The summed E-state index contributed by atoms with van der Waals surface area (Å²) in [5.41, 5.74) is 2.82. The predicted molar refractivity (Wildman–Crippen MR) is 100 cm³/mol. The molecule has 0 aromatic heterocycles. The molecule has 0 spiro atoms. The van der Waals surface area contributed by atoms with Crippen molar-refractivity contribution in [3.05, 3.63) is 77.0 Å². The fraction of sp³-hybridized carbons (Fsp3) is 0.143. The Bertz CT molecular complexity index is 889. The third-order valence-electron chi connectivity index (χ3n) is 3.78. The molecule has 5 heteroatoms. The van der Waals surface area contributed by atoms with Crippen LogP contribution in [-0.2, 0) is 9.53 Å². The normalized spacial score (nSPS) is 15.7. The molecule has 1 aliphatic heterocycles. The first-order valence-corrected chi connectivity index (χ1v) is 8.08. The highest BCUT2D eigenvalue weighted by atomic mass is 16.6. The third kappa shape index (κ3) is 4.00. The van der Waals surface area contributed by atoms with Crippen LogP contribution in [0.1, 0.15) is 18.1 Å². The number of aliphatic imine (C=N–C) groups is 1. The Morgan fingerprint density at radius 1 is 1.04 bits per heavy atom. The van der Waals surface area contributed by atoms with Gasteiger partial charge in [0.1, 0.15) is 11.5 Å². The van der Waals surface area contributed by atoms with Crippen molar-refractivity contribution >= 4 is 17.9 Å². The van der Waals surface area contributed by atoms with Crippen LogP contribution in [0.15, 0.2) is 70.9 Å². The largest absolute Gasteiger partial charge is 0.497 e. The highest BCUT2D eigenvalue weighted by Crippen LogP contribution is 2.26. The zero-order valence-electron chi connectivity index (χ0n) is 14.9. The highest BCUT2D eigenvalue weighted by molar-refractivity contribution is 6.11. The third-order valence-corrected chi connectivity index (χ3v) is 3.78. The first-order chi connectivity index (χ1) is 12.6. The van der Waals surface area contributed by atoms with Crippen LogP contribution in [0.4, 0.5) is 0 Å². The first-order valence-electron chi connectivity index (χ1n) is 8.08. The average Bonchev–Trinajstić information content (AvgIpc) is 3.02. The molecule has 0 fully saturated rings. The molecule has 1 heterocycles. The van der Waals surface area contributed by atoms with Crippen LogP contribution in [0, 0.1) is 0 Å².